The molecule has 0 amide bonds. The summed E-state index contributed by atoms with van der Waals surface area (Å²) in [5.74, 6) is 0.823. The summed E-state index contributed by atoms with van der Waals surface area (Å²) in [4.78, 5) is 0. The Kier molecular flexibility index (Phi) is 3.03. The van der Waals surface area contributed by atoms with Crippen LogP contribution in [0.2, 0.25) is 0 Å². The van der Waals surface area contributed by atoms with Gasteiger partial charge in [-0.1, -0.05) is 36.4 Å². The van der Waals surface area contributed by atoms with Gasteiger partial charge < -0.3 is 9.84 Å². The molecule has 1 aliphatic carbocycles. The molecule has 0 saturated carbocycles. The number of aryl methyl sites for hydroxylation is 1. The van der Waals surface area contributed by atoms with E-state index in [-0.39, 0.29) is 0 Å². The fourth-order valence-electron chi connectivity index (χ4n) is 2.87. The van der Waals surface area contributed by atoms with Crippen LogP contribution in [-0.4, -0.2) is 12.2 Å². The summed E-state index contributed by atoms with van der Waals surface area (Å²) >= 11 is 0. The fourth-order valence-corrected chi connectivity index (χ4v) is 2.87. The molecule has 0 radical (unpaired) electrons. The van der Waals surface area contributed by atoms with Gasteiger partial charge in [0.05, 0.1) is 12.7 Å². The maximum Gasteiger partial charge on any atom is 0.118 e. The molecule has 0 spiro atoms. The average Bonchev–Trinajstić information content (AvgIpc) is 2.47. The Morgan fingerprint density at radius 2 is 1.68 bits per heavy atom. The van der Waals surface area contributed by atoms with Crippen molar-refractivity contribution in [1.29, 1.82) is 0 Å². The Bertz CT molecular complexity index is 574. The van der Waals surface area contributed by atoms with E-state index in [1.807, 2.05) is 30.3 Å². The lowest BCUT2D eigenvalue weighted by Crippen LogP contribution is -2.33. The van der Waals surface area contributed by atoms with Crippen LogP contribution in [0.4, 0.5) is 0 Å². The largest absolute Gasteiger partial charge is 0.497 e. The zero-order chi connectivity index (χ0) is 13.3. The van der Waals surface area contributed by atoms with Crippen LogP contribution in [0, 0.1) is 0 Å². The Hall–Kier alpha value is -1.80. The monoisotopic (exact) mass is 254 g/mol. The number of aliphatic hydroxyl groups is 1. The molecule has 1 atom stereocenters. The van der Waals surface area contributed by atoms with Gasteiger partial charge in [-0.3, -0.25) is 0 Å². The maximum absolute atomic E-state index is 10.9. The van der Waals surface area contributed by atoms with E-state index in [4.69, 9.17) is 4.74 Å². The number of fused-ring (bicyclic) bond motifs is 1. The number of benzene rings is 2. The van der Waals surface area contributed by atoms with Crippen molar-refractivity contribution in [3.8, 4) is 5.75 Å². The van der Waals surface area contributed by atoms with Gasteiger partial charge in [-0.05, 0) is 41.7 Å². The Morgan fingerprint density at radius 3 is 2.37 bits per heavy atom. The molecule has 2 aromatic rings. The highest BCUT2D eigenvalue weighted by molar-refractivity contribution is 5.37. The third kappa shape index (κ3) is 2.24. The molecule has 0 aromatic heterocycles. The predicted octanol–water partition coefficient (Wildman–Crippen LogP) is 3.07. The van der Waals surface area contributed by atoms with Crippen LogP contribution in [0.1, 0.15) is 23.1 Å². The highest BCUT2D eigenvalue weighted by Gasteiger charge is 2.33. The Balaban J connectivity index is 1.92. The smallest absolute Gasteiger partial charge is 0.118 e. The predicted molar refractivity (Wildman–Crippen MR) is 75.4 cm³/mol. The van der Waals surface area contributed by atoms with Crippen LogP contribution in [0.5, 0.6) is 5.75 Å². The highest BCUT2D eigenvalue weighted by atomic mass is 16.5. The molecular formula is C17H18O2. The highest BCUT2D eigenvalue weighted by Crippen LogP contribution is 2.36. The lowest BCUT2D eigenvalue weighted by molar-refractivity contribution is 0.0222. The number of hydrogen-bond donors (Lipinski definition) is 1. The summed E-state index contributed by atoms with van der Waals surface area (Å²) in [6, 6.07) is 16.1. The van der Waals surface area contributed by atoms with Gasteiger partial charge in [0, 0.05) is 6.42 Å². The second kappa shape index (κ2) is 4.71. The minimum Gasteiger partial charge on any atom is -0.497 e. The Morgan fingerprint density at radius 1 is 1.00 bits per heavy atom. The van der Waals surface area contributed by atoms with E-state index in [0.717, 1.165) is 24.2 Å². The number of ether oxygens (including phenoxy) is 1. The SMILES string of the molecule is COc1ccc(C2(O)CCc3ccccc3C2)cc1. The van der Waals surface area contributed by atoms with Crippen molar-refractivity contribution in [2.45, 2.75) is 24.9 Å². The number of methoxy groups -OCH3 is 1. The first-order valence-corrected chi connectivity index (χ1v) is 6.65. The summed E-state index contributed by atoms with van der Waals surface area (Å²) in [5.41, 5.74) is 2.84. The zero-order valence-corrected chi connectivity index (χ0v) is 11.1. The van der Waals surface area contributed by atoms with Crippen molar-refractivity contribution in [2.75, 3.05) is 7.11 Å². The summed E-state index contributed by atoms with van der Waals surface area (Å²) in [6.45, 7) is 0. The third-order valence-electron chi connectivity index (χ3n) is 4.04. The fraction of sp³-hybridized carbons (Fsp3) is 0.294. The first-order valence-electron chi connectivity index (χ1n) is 6.65. The minimum atomic E-state index is -0.749. The standard InChI is InChI=1S/C17H18O2/c1-19-16-8-6-15(7-9-16)17(18)11-10-13-4-2-3-5-14(13)12-17/h2-9,18H,10-12H2,1H3. The molecule has 2 nitrogen and oxygen atoms in total. The molecule has 98 valence electrons. The third-order valence-corrected chi connectivity index (χ3v) is 4.04. The van der Waals surface area contributed by atoms with Crippen molar-refractivity contribution in [2.24, 2.45) is 0 Å². The molecule has 0 saturated heterocycles. The van der Waals surface area contributed by atoms with Crippen LogP contribution in [-0.2, 0) is 18.4 Å². The maximum atomic E-state index is 10.9. The van der Waals surface area contributed by atoms with Crippen LogP contribution in [0.25, 0.3) is 0 Å². The van der Waals surface area contributed by atoms with Crippen molar-refractivity contribution < 1.29 is 9.84 Å². The molecule has 0 aliphatic heterocycles. The summed E-state index contributed by atoms with van der Waals surface area (Å²) < 4.78 is 5.16. The van der Waals surface area contributed by atoms with Gasteiger partial charge in [0.2, 0.25) is 0 Å². The quantitative estimate of drug-likeness (QED) is 0.892. The molecule has 1 N–H and O–H groups in total. The van der Waals surface area contributed by atoms with Crippen LogP contribution >= 0.6 is 0 Å². The molecule has 1 unspecified atom stereocenters. The van der Waals surface area contributed by atoms with E-state index in [2.05, 4.69) is 18.2 Å². The van der Waals surface area contributed by atoms with Gasteiger partial charge in [0.1, 0.15) is 5.75 Å². The number of rotatable bonds is 2. The molecular weight excluding hydrogens is 236 g/mol. The summed E-state index contributed by atoms with van der Waals surface area (Å²) in [6.07, 6.45) is 2.39. The second-order valence-electron chi connectivity index (χ2n) is 5.21. The lowest BCUT2D eigenvalue weighted by Gasteiger charge is -2.34. The van der Waals surface area contributed by atoms with Crippen molar-refractivity contribution in [3.05, 3.63) is 65.2 Å². The van der Waals surface area contributed by atoms with Crippen molar-refractivity contribution in [3.63, 3.8) is 0 Å². The molecule has 3 rings (SSSR count). The van der Waals surface area contributed by atoms with Gasteiger partial charge in [-0.25, -0.2) is 0 Å². The second-order valence-corrected chi connectivity index (χ2v) is 5.21. The van der Waals surface area contributed by atoms with Gasteiger partial charge in [0.15, 0.2) is 0 Å². The molecule has 0 heterocycles. The van der Waals surface area contributed by atoms with Gasteiger partial charge in [-0.15, -0.1) is 0 Å². The topological polar surface area (TPSA) is 29.5 Å². The van der Waals surface area contributed by atoms with E-state index < -0.39 is 5.60 Å². The molecule has 1 aliphatic rings. The van der Waals surface area contributed by atoms with Gasteiger partial charge >= 0.3 is 0 Å². The van der Waals surface area contributed by atoms with E-state index in [1.54, 1.807) is 7.11 Å². The molecule has 2 heteroatoms. The normalized spacial score (nSPS) is 21.8. The van der Waals surface area contributed by atoms with E-state index in [0.29, 0.717) is 6.42 Å². The molecule has 19 heavy (non-hydrogen) atoms. The van der Waals surface area contributed by atoms with Crippen LogP contribution < -0.4 is 4.74 Å². The minimum absolute atomic E-state index is 0.690. The Labute approximate surface area is 113 Å². The van der Waals surface area contributed by atoms with Crippen LogP contribution in [0.3, 0.4) is 0 Å². The molecule has 2 aromatic carbocycles. The van der Waals surface area contributed by atoms with Crippen LogP contribution in [0.15, 0.2) is 48.5 Å². The molecule has 0 fully saturated rings. The zero-order valence-electron chi connectivity index (χ0n) is 11.1. The van der Waals surface area contributed by atoms with Gasteiger partial charge in [0.25, 0.3) is 0 Å². The lowest BCUT2D eigenvalue weighted by atomic mass is 9.76. The molecule has 0 bridgehead atoms. The van der Waals surface area contributed by atoms with Crippen molar-refractivity contribution in [1.82, 2.24) is 0 Å². The van der Waals surface area contributed by atoms with Crippen molar-refractivity contribution >= 4 is 0 Å². The van der Waals surface area contributed by atoms with E-state index in [9.17, 15) is 5.11 Å². The summed E-state index contributed by atoms with van der Waals surface area (Å²) in [5, 5.41) is 10.9. The first kappa shape index (κ1) is 12.2. The van der Waals surface area contributed by atoms with E-state index >= 15 is 0 Å². The average molecular weight is 254 g/mol. The van der Waals surface area contributed by atoms with Gasteiger partial charge in [-0.2, -0.15) is 0 Å². The van der Waals surface area contributed by atoms with E-state index in [1.165, 1.54) is 11.1 Å². The summed E-state index contributed by atoms with van der Waals surface area (Å²) in [7, 11) is 1.65. The first-order chi connectivity index (χ1) is 9.21. The number of hydrogen-bond acceptors (Lipinski definition) is 2.